The number of carbonyl (C=O) groups is 3. The summed E-state index contributed by atoms with van der Waals surface area (Å²) in [5, 5.41) is 13.9. The van der Waals surface area contributed by atoms with E-state index in [1.165, 1.54) is 11.8 Å². The van der Waals surface area contributed by atoms with E-state index in [1.54, 1.807) is 20.8 Å². The predicted molar refractivity (Wildman–Crippen MR) is 87.5 cm³/mol. The van der Waals surface area contributed by atoms with Gasteiger partial charge < -0.3 is 20.5 Å². The molecule has 0 aromatic carbocycles. The molecule has 0 saturated carbocycles. The first-order valence-electron chi connectivity index (χ1n) is 7.04. The molecular weight excluding hydrogens is 324 g/mol. The van der Waals surface area contributed by atoms with E-state index >= 15 is 0 Å². The largest absolute Gasteiger partial charge is 0.444 e. The zero-order chi connectivity index (χ0) is 18.0. The Balaban J connectivity index is 4.83. The van der Waals surface area contributed by atoms with Crippen LogP contribution in [0.1, 0.15) is 27.2 Å². The Hall–Kier alpha value is -1.52. The van der Waals surface area contributed by atoms with Crippen LogP contribution in [0.3, 0.4) is 0 Å². The summed E-state index contributed by atoms with van der Waals surface area (Å²) in [6, 6.07) is -2.08. The van der Waals surface area contributed by atoms with Crippen LogP contribution in [0.5, 0.6) is 0 Å². The van der Waals surface area contributed by atoms with Gasteiger partial charge >= 0.3 is 6.09 Å². The van der Waals surface area contributed by atoms with Crippen molar-refractivity contribution in [1.82, 2.24) is 16.1 Å². The second-order valence-corrected chi connectivity index (χ2v) is 6.72. The van der Waals surface area contributed by atoms with E-state index in [-0.39, 0.29) is 0 Å². The molecule has 0 saturated heterocycles. The summed E-state index contributed by atoms with van der Waals surface area (Å²) < 4.78 is 5.11. The Kier molecular flexibility index (Phi) is 9.61. The van der Waals surface area contributed by atoms with Crippen molar-refractivity contribution in [2.24, 2.45) is 5.84 Å². The number of nitrogens with two attached hydrogens (primary N) is 1. The lowest BCUT2D eigenvalue weighted by molar-refractivity contribution is -0.131. The number of aliphatic hydroxyl groups is 1. The third kappa shape index (κ3) is 9.26. The van der Waals surface area contributed by atoms with Crippen LogP contribution in [-0.2, 0) is 14.3 Å². The molecule has 0 aliphatic heterocycles. The van der Waals surface area contributed by atoms with Crippen LogP contribution >= 0.6 is 11.8 Å². The molecule has 0 aromatic heterocycles. The fraction of sp³-hybridized carbons (Fsp3) is 0.769. The lowest BCUT2D eigenvalue weighted by atomic mass is 10.2. The van der Waals surface area contributed by atoms with Crippen molar-refractivity contribution >= 4 is 29.7 Å². The fourth-order valence-corrected chi connectivity index (χ4v) is 1.99. The van der Waals surface area contributed by atoms with E-state index < -0.39 is 42.2 Å². The zero-order valence-electron chi connectivity index (χ0n) is 13.8. The maximum absolute atomic E-state index is 12.2. The lowest BCUT2D eigenvalue weighted by Gasteiger charge is -2.24. The van der Waals surface area contributed by atoms with Gasteiger partial charge in [-0.3, -0.25) is 15.0 Å². The molecule has 3 amide bonds. The molecular formula is C13H26N4O5S. The molecule has 23 heavy (non-hydrogen) atoms. The Bertz CT molecular complexity index is 414. The molecule has 2 unspecified atom stereocenters. The Morgan fingerprint density at radius 2 is 1.78 bits per heavy atom. The van der Waals surface area contributed by atoms with Crippen molar-refractivity contribution < 1.29 is 24.2 Å². The highest BCUT2D eigenvalue weighted by Crippen LogP contribution is 2.08. The van der Waals surface area contributed by atoms with Crippen LogP contribution in [0.15, 0.2) is 0 Å². The molecule has 0 bridgehead atoms. The summed E-state index contributed by atoms with van der Waals surface area (Å²) in [5.74, 6) is 4.25. The fourth-order valence-electron chi connectivity index (χ4n) is 1.52. The predicted octanol–water partition coefficient (Wildman–Crippen LogP) is -0.900. The lowest BCUT2D eigenvalue weighted by Crippen LogP contribution is -2.56. The maximum atomic E-state index is 12.2. The van der Waals surface area contributed by atoms with E-state index in [0.717, 1.165) is 0 Å². The average Bonchev–Trinajstić information content (AvgIpc) is 2.45. The summed E-state index contributed by atoms with van der Waals surface area (Å²) >= 11 is 1.50. The summed E-state index contributed by atoms with van der Waals surface area (Å²) in [7, 11) is 0. The van der Waals surface area contributed by atoms with Gasteiger partial charge in [-0.05, 0) is 39.2 Å². The molecule has 0 spiro atoms. The van der Waals surface area contributed by atoms with Crippen molar-refractivity contribution in [3.63, 3.8) is 0 Å². The molecule has 0 heterocycles. The van der Waals surface area contributed by atoms with Crippen molar-refractivity contribution in [3.8, 4) is 0 Å². The minimum atomic E-state index is -1.19. The number of ether oxygens (including phenoxy) is 1. The molecule has 0 aromatic rings. The molecule has 10 heteroatoms. The number of nitrogens with one attached hydrogen (secondary N) is 3. The minimum absolute atomic E-state index is 0.342. The van der Waals surface area contributed by atoms with Gasteiger partial charge in [0, 0.05) is 0 Å². The van der Waals surface area contributed by atoms with Gasteiger partial charge in [-0.2, -0.15) is 11.8 Å². The highest BCUT2D eigenvalue weighted by atomic mass is 32.2. The SMILES string of the molecule is CSCCC(NC(=O)OC(C)(C)C)C(=O)NC(CO)C(=O)NN. The summed E-state index contributed by atoms with van der Waals surface area (Å²) in [6.45, 7) is 4.50. The van der Waals surface area contributed by atoms with Crippen molar-refractivity contribution in [2.75, 3.05) is 18.6 Å². The van der Waals surface area contributed by atoms with Crippen molar-refractivity contribution in [1.29, 1.82) is 0 Å². The van der Waals surface area contributed by atoms with Crippen LogP contribution < -0.4 is 21.9 Å². The number of alkyl carbamates (subject to hydrolysis) is 1. The van der Waals surface area contributed by atoms with E-state index in [9.17, 15) is 14.4 Å². The topological polar surface area (TPSA) is 143 Å². The van der Waals surface area contributed by atoms with Crippen LogP contribution in [-0.4, -0.2) is 59.3 Å². The highest BCUT2D eigenvalue weighted by Gasteiger charge is 2.27. The maximum Gasteiger partial charge on any atom is 0.408 e. The standard InChI is InChI=1S/C13H26N4O5S/c1-13(2,3)22-12(21)16-8(5-6-23-4)10(19)15-9(7-18)11(20)17-14/h8-9,18H,5-7,14H2,1-4H3,(H,15,19)(H,16,21)(H,17,20). The second kappa shape index (κ2) is 10.3. The third-order valence-corrected chi connectivity index (χ3v) is 3.22. The van der Waals surface area contributed by atoms with E-state index in [0.29, 0.717) is 12.2 Å². The number of carbonyl (C=O) groups excluding carboxylic acids is 3. The molecule has 0 radical (unpaired) electrons. The molecule has 2 atom stereocenters. The Labute approximate surface area is 140 Å². The smallest absolute Gasteiger partial charge is 0.408 e. The van der Waals surface area contributed by atoms with Gasteiger partial charge in [-0.1, -0.05) is 0 Å². The van der Waals surface area contributed by atoms with Gasteiger partial charge in [0.1, 0.15) is 17.7 Å². The van der Waals surface area contributed by atoms with Crippen LogP contribution in [0.4, 0.5) is 4.79 Å². The molecule has 0 fully saturated rings. The minimum Gasteiger partial charge on any atom is -0.444 e. The van der Waals surface area contributed by atoms with Crippen LogP contribution in [0.2, 0.25) is 0 Å². The number of aliphatic hydroxyl groups excluding tert-OH is 1. The third-order valence-electron chi connectivity index (χ3n) is 2.58. The molecule has 0 aliphatic carbocycles. The second-order valence-electron chi connectivity index (χ2n) is 5.73. The first-order valence-corrected chi connectivity index (χ1v) is 8.44. The normalized spacial score (nSPS) is 13.7. The van der Waals surface area contributed by atoms with Crippen LogP contribution in [0.25, 0.3) is 0 Å². The number of rotatable bonds is 8. The molecule has 0 rings (SSSR count). The highest BCUT2D eigenvalue weighted by molar-refractivity contribution is 7.98. The summed E-state index contributed by atoms with van der Waals surface area (Å²) in [6.07, 6.45) is 1.47. The summed E-state index contributed by atoms with van der Waals surface area (Å²) in [4.78, 5) is 35.4. The number of thioether (sulfide) groups is 1. The average molecular weight is 350 g/mol. The van der Waals surface area contributed by atoms with Gasteiger partial charge in [0.05, 0.1) is 6.61 Å². The van der Waals surface area contributed by atoms with E-state index in [4.69, 9.17) is 15.7 Å². The Morgan fingerprint density at radius 1 is 1.17 bits per heavy atom. The summed E-state index contributed by atoms with van der Waals surface area (Å²) in [5.41, 5.74) is 1.15. The first-order chi connectivity index (χ1) is 10.6. The van der Waals surface area contributed by atoms with Gasteiger partial charge in [-0.25, -0.2) is 10.6 Å². The van der Waals surface area contributed by atoms with Crippen molar-refractivity contribution in [3.05, 3.63) is 0 Å². The quantitative estimate of drug-likeness (QED) is 0.217. The number of hydrazine groups is 1. The molecule has 6 N–H and O–H groups in total. The zero-order valence-corrected chi connectivity index (χ0v) is 14.7. The molecule has 9 nitrogen and oxygen atoms in total. The number of hydrogen-bond donors (Lipinski definition) is 5. The first kappa shape index (κ1) is 21.5. The number of hydrogen-bond acceptors (Lipinski definition) is 7. The monoisotopic (exact) mass is 350 g/mol. The van der Waals surface area contributed by atoms with Gasteiger partial charge in [0.2, 0.25) is 5.91 Å². The van der Waals surface area contributed by atoms with Gasteiger partial charge in [-0.15, -0.1) is 0 Å². The molecule has 0 aliphatic rings. The number of amides is 3. The van der Waals surface area contributed by atoms with Gasteiger partial charge in [0.15, 0.2) is 0 Å². The van der Waals surface area contributed by atoms with Crippen LogP contribution in [0, 0.1) is 0 Å². The van der Waals surface area contributed by atoms with Gasteiger partial charge in [0.25, 0.3) is 5.91 Å². The van der Waals surface area contributed by atoms with E-state index in [1.807, 2.05) is 11.7 Å². The van der Waals surface area contributed by atoms with E-state index in [2.05, 4.69) is 10.6 Å². The van der Waals surface area contributed by atoms with Crippen molar-refractivity contribution in [2.45, 2.75) is 44.9 Å². The molecule has 134 valence electrons. The Morgan fingerprint density at radius 3 is 2.22 bits per heavy atom.